The minimum atomic E-state index is -0.695. The number of nitro benzene ring substituents is 1. The Morgan fingerprint density at radius 3 is 2.00 bits per heavy atom. The van der Waals surface area contributed by atoms with Gasteiger partial charge in [0.2, 0.25) is 0 Å². The zero-order chi connectivity index (χ0) is 22.5. The van der Waals surface area contributed by atoms with Crippen LogP contribution in [0.25, 0.3) is 11.3 Å². The number of amides is 1. The van der Waals surface area contributed by atoms with Crippen molar-refractivity contribution < 1.29 is 33.2 Å². The Morgan fingerprint density at radius 2 is 1.48 bits per heavy atom. The lowest BCUT2D eigenvalue weighted by molar-refractivity contribution is -0.384. The van der Waals surface area contributed by atoms with Crippen molar-refractivity contribution >= 4 is 29.2 Å². The predicted molar refractivity (Wildman–Crippen MR) is 108 cm³/mol. The first-order chi connectivity index (χ1) is 14.8. The summed E-state index contributed by atoms with van der Waals surface area (Å²) < 4.78 is 14.9. The highest BCUT2D eigenvalue weighted by atomic mass is 16.6. The van der Waals surface area contributed by atoms with Crippen LogP contribution in [0.15, 0.2) is 59.0 Å². The van der Waals surface area contributed by atoms with Crippen molar-refractivity contribution in [1.29, 1.82) is 0 Å². The van der Waals surface area contributed by atoms with Crippen LogP contribution in [0, 0.1) is 10.1 Å². The van der Waals surface area contributed by atoms with Crippen LogP contribution in [-0.2, 0) is 9.47 Å². The molecule has 0 bridgehead atoms. The molecule has 0 unspecified atom stereocenters. The molecule has 10 heteroatoms. The molecule has 0 saturated heterocycles. The average molecular weight is 424 g/mol. The maximum atomic E-state index is 12.6. The molecule has 2 aromatic carbocycles. The number of nitrogens with one attached hydrogen (secondary N) is 1. The monoisotopic (exact) mass is 424 g/mol. The van der Waals surface area contributed by atoms with Gasteiger partial charge >= 0.3 is 11.9 Å². The number of nitrogens with zero attached hydrogens (tertiary/aromatic N) is 1. The maximum absolute atomic E-state index is 12.6. The van der Waals surface area contributed by atoms with E-state index in [4.69, 9.17) is 4.42 Å². The molecule has 1 heterocycles. The van der Waals surface area contributed by atoms with E-state index < -0.39 is 22.8 Å². The molecule has 0 fully saturated rings. The van der Waals surface area contributed by atoms with Gasteiger partial charge in [0, 0.05) is 23.4 Å². The highest BCUT2D eigenvalue weighted by molar-refractivity contribution is 6.04. The van der Waals surface area contributed by atoms with Crippen LogP contribution >= 0.6 is 0 Å². The van der Waals surface area contributed by atoms with E-state index in [-0.39, 0.29) is 28.3 Å². The number of methoxy groups -OCH3 is 2. The number of hydrogen-bond donors (Lipinski definition) is 1. The Bertz CT molecular complexity index is 1130. The van der Waals surface area contributed by atoms with Crippen LogP contribution in [0.4, 0.5) is 11.4 Å². The molecule has 0 aliphatic carbocycles. The van der Waals surface area contributed by atoms with Gasteiger partial charge in [-0.25, -0.2) is 9.59 Å². The molecule has 3 rings (SSSR count). The summed E-state index contributed by atoms with van der Waals surface area (Å²) in [7, 11) is 2.38. The normalized spacial score (nSPS) is 10.3. The number of nitro groups is 1. The van der Waals surface area contributed by atoms with E-state index in [0.717, 1.165) is 0 Å². The molecule has 31 heavy (non-hydrogen) atoms. The van der Waals surface area contributed by atoms with E-state index in [2.05, 4.69) is 14.8 Å². The first kappa shape index (κ1) is 21.2. The van der Waals surface area contributed by atoms with Gasteiger partial charge in [-0.3, -0.25) is 14.9 Å². The Hall–Kier alpha value is -4.47. The van der Waals surface area contributed by atoms with Crippen molar-refractivity contribution in [3.63, 3.8) is 0 Å². The van der Waals surface area contributed by atoms with Crippen molar-refractivity contribution in [2.75, 3.05) is 19.5 Å². The SMILES string of the molecule is COC(=O)c1cc(NC(=O)c2ccc(-c3ccc([N+](=O)[O-])cc3)o2)cc(C(=O)OC)c1. The van der Waals surface area contributed by atoms with Crippen molar-refractivity contribution in [2.24, 2.45) is 0 Å². The lowest BCUT2D eigenvalue weighted by Gasteiger charge is -2.08. The number of non-ortho nitro benzene ring substituents is 1. The Morgan fingerprint density at radius 1 is 0.903 bits per heavy atom. The van der Waals surface area contributed by atoms with E-state index in [1.54, 1.807) is 6.07 Å². The minimum Gasteiger partial charge on any atom is -0.465 e. The summed E-state index contributed by atoms with van der Waals surface area (Å²) in [6, 6.07) is 12.6. The second kappa shape index (κ2) is 8.91. The molecule has 0 aliphatic heterocycles. The summed E-state index contributed by atoms with van der Waals surface area (Å²) in [5.41, 5.74) is 0.727. The van der Waals surface area contributed by atoms with Crippen LogP contribution in [0.1, 0.15) is 31.3 Å². The number of anilines is 1. The summed E-state index contributed by atoms with van der Waals surface area (Å²) >= 11 is 0. The summed E-state index contributed by atoms with van der Waals surface area (Å²) in [5.74, 6) is -1.74. The molecule has 1 N–H and O–H groups in total. The first-order valence-electron chi connectivity index (χ1n) is 8.80. The fourth-order valence-electron chi connectivity index (χ4n) is 2.73. The largest absolute Gasteiger partial charge is 0.465 e. The Kier molecular flexibility index (Phi) is 6.10. The van der Waals surface area contributed by atoms with E-state index >= 15 is 0 Å². The van der Waals surface area contributed by atoms with Crippen LogP contribution in [0.2, 0.25) is 0 Å². The summed E-state index contributed by atoms with van der Waals surface area (Å²) in [5, 5.41) is 13.3. The summed E-state index contributed by atoms with van der Waals surface area (Å²) in [4.78, 5) is 46.5. The van der Waals surface area contributed by atoms with Crippen LogP contribution in [0.5, 0.6) is 0 Å². The highest BCUT2D eigenvalue weighted by Crippen LogP contribution is 2.25. The fourth-order valence-corrected chi connectivity index (χ4v) is 2.73. The van der Waals surface area contributed by atoms with Crippen molar-refractivity contribution in [3.05, 3.63) is 81.6 Å². The lowest BCUT2D eigenvalue weighted by Crippen LogP contribution is -2.13. The standard InChI is InChI=1S/C21H16N2O8/c1-29-20(25)13-9-14(21(26)30-2)11-15(10-13)22-19(24)18-8-7-17(31-18)12-3-5-16(6-4-12)23(27)28/h3-11H,1-2H3,(H,22,24). The number of carbonyl (C=O) groups excluding carboxylic acids is 3. The molecule has 1 aromatic heterocycles. The minimum absolute atomic E-state index is 0.0450. The topological polar surface area (TPSA) is 138 Å². The van der Waals surface area contributed by atoms with Crippen LogP contribution in [-0.4, -0.2) is 37.0 Å². The molecule has 0 atom stereocenters. The third kappa shape index (κ3) is 4.75. The third-order valence-corrected chi connectivity index (χ3v) is 4.23. The summed E-state index contributed by atoms with van der Waals surface area (Å²) in [6.07, 6.45) is 0. The number of esters is 2. The average Bonchev–Trinajstić information content (AvgIpc) is 3.28. The number of benzene rings is 2. The van der Waals surface area contributed by atoms with Gasteiger partial charge in [0.25, 0.3) is 11.6 Å². The van der Waals surface area contributed by atoms with Crippen LogP contribution < -0.4 is 5.32 Å². The quantitative estimate of drug-likeness (QED) is 0.359. The smallest absolute Gasteiger partial charge is 0.337 e. The van der Waals surface area contributed by atoms with Gasteiger partial charge in [0.1, 0.15) is 5.76 Å². The second-order valence-electron chi connectivity index (χ2n) is 6.20. The van der Waals surface area contributed by atoms with E-state index in [1.807, 2.05) is 0 Å². The number of carbonyl (C=O) groups is 3. The van der Waals surface area contributed by atoms with E-state index in [1.165, 1.54) is 62.8 Å². The Labute approximate surface area is 175 Å². The predicted octanol–water partition coefficient (Wildman–Crippen LogP) is 3.68. The molecule has 0 aliphatic rings. The second-order valence-corrected chi connectivity index (χ2v) is 6.20. The van der Waals surface area contributed by atoms with E-state index in [9.17, 15) is 24.5 Å². The van der Waals surface area contributed by atoms with Crippen molar-refractivity contribution in [1.82, 2.24) is 0 Å². The number of ether oxygens (including phenoxy) is 2. The molecule has 1 amide bonds. The molecular weight excluding hydrogens is 408 g/mol. The molecule has 0 radical (unpaired) electrons. The molecule has 158 valence electrons. The van der Waals surface area contributed by atoms with Gasteiger partial charge in [-0.15, -0.1) is 0 Å². The van der Waals surface area contributed by atoms with Gasteiger partial charge in [0.05, 0.1) is 30.3 Å². The number of hydrogen-bond acceptors (Lipinski definition) is 8. The molecule has 0 saturated carbocycles. The molecule has 10 nitrogen and oxygen atoms in total. The Balaban J connectivity index is 1.84. The summed E-state index contributed by atoms with van der Waals surface area (Å²) in [6.45, 7) is 0. The first-order valence-corrected chi connectivity index (χ1v) is 8.80. The number of furan rings is 1. The van der Waals surface area contributed by atoms with Gasteiger partial charge in [0.15, 0.2) is 5.76 Å². The zero-order valence-corrected chi connectivity index (χ0v) is 16.4. The van der Waals surface area contributed by atoms with E-state index in [0.29, 0.717) is 11.3 Å². The zero-order valence-electron chi connectivity index (χ0n) is 16.4. The third-order valence-electron chi connectivity index (χ3n) is 4.23. The highest BCUT2D eigenvalue weighted by Gasteiger charge is 2.17. The molecular formula is C21H16N2O8. The number of rotatable bonds is 6. The lowest BCUT2D eigenvalue weighted by atomic mass is 10.1. The van der Waals surface area contributed by atoms with Gasteiger partial charge in [-0.05, 0) is 42.5 Å². The molecule has 0 spiro atoms. The molecule has 3 aromatic rings. The van der Waals surface area contributed by atoms with Gasteiger partial charge in [-0.2, -0.15) is 0 Å². The van der Waals surface area contributed by atoms with Crippen molar-refractivity contribution in [2.45, 2.75) is 0 Å². The fraction of sp³-hybridized carbons (Fsp3) is 0.0952. The van der Waals surface area contributed by atoms with Crippen molar-refractivity contribution in [3.8, 4) is 11.3 Å². The maximum Gasteiger partial charge on any atom is 0.337 e. The van der Waals surface area contributed by atoms with Crippen LogP contribution in [0.3, 0.4) is 0 Å². The van der Waals surface area contributed by atoms with Gasteiger partial charge < -0.3 is 19.2 Å². The van der Waals surface area contributed by atoms with Gasteiger partial charge in [-0.1, -0.05) is 0 Å².